The Morgan fingerprint density at radius 3 is 1.47 bits per heavy atom. The Hall–Kier alpha value is -2.44. The smallest absolute Gasteiger partial charge is 0.336 e. The number of unbranched alkanes of at least 4 members (excludes halogenated alkanes) is 4. The van der Waals surface area contributed by atoms with Gasteiger partial charge in [0.15, 0.2) is 0 Å². The van der Waals surface area contributed by atoms with Gasteiger partial charge in [-0.15, -0.1) is 13.2 Å². The molecule has 1 aromatic carbocycles. The van der Waals surface area contributed by atoms with Gasteiger partial charge in [0.05, 0.1) is 11.1 Å². The second kappa shape index (κ2) is 13.7. The molecule has 0 fully saturated rings. The lowest BCUT2D eigenvalue weighted by molar-refractivity contribution is 0.0585. The van der Waals surface area contributed by atoms with Crippen LogP contribution >= 0.6 is 0 Å². The summed E-state index contributed by atoms with van der Waals surface area (Å²) in [5.41, 5.74) is 0.461. The molecule has 0 aromatic heterocycles. The van der Waals surface area contributed by atoms with Crippen molar-refractivity contribution in [2.75, 3.05) is 13.2 Å². The molecule has 6 nitrogen and oxygen atoms in total. The van der Waals surface area contributed by atoms with E-state index in [-0.39, 0.29) is 22.3 Å². The fraction of sp³-hybridized carbons (Fsp3) is 0.500. The molecular formula is C24H34O6. The summed E-state index contributed by atoms with van der Waals surface area (Å²) in [4.78, 5) is 23.9. The third-order valence-electron chi connectivity index (χ3n) is 4.84. The van der Waals surface area contributed by atoms with Gasteiger partial charge in [-0.3, -0.25) is 0 Å². The van der Waals surface area contributed by atoms with Gasteiger partial charge in [-0.05, 0) is 25.0 Å². The van der Waals surface area contributed by atoms with E-state index in [0.717, 1.165) is 38.5 Å². The monoisotopic (exact) mass is 418 g/mol. The minimum absolute atomic E-state index is 0.0283. The number of benzene rings is 1. The van der Waals surface area contributed by atoms with Crippen LogP contribution in [0.2, 0.25) is 0 Å². The number of ether oxygens (including phenoxy) is 2. The number of aromatic carboxylic acids is 2. The molecule has 2 unspecified atom stereocenters. The highest BCUT2D eigenvalue weighted by Crippen LogP contribution is 2.36. The van der Waals surface area contributed by atoms with Crippen molar-refractivity contribution >= 4 is 11.9 Å². The van der Waals surface area contributed by atoms with Gasteiger partial charge < -0.3 is 19.7 Å². The van der Waals surface area contributed by atoms with E-state index in [1.165, 1.54) is 24.3 Å². The van der Waals surface area contributed by atoms with E-state index in [2.05, 4.69) is 27.0 Å². The van der Waals surface area contributed by atoms with E-state index in [4.69, 9.17) is 9.47 Å². The Kier molecular flexibility index (Phi) is 11.7. The zero-order valence-electron chi connectivity index (χ0n) is 18.1. The molecule has 0 aliphatic carbocycles. The lowest BCUT2D eigenvalue weighted by atomic mass is 9.88. The number of carbonyl (C=O) groups is 2. The van der Waals surface area contributed by atoms with Gasteiger partial charge in [0, 0.05) is 24.3 Å². The Balaban J connectivity index is 3.49. The van der Waals surface area contributed by atoms with Crippen molar-refractivity contribution in [3.8, 4) is 0 Å². The van der Waals surface area contributed by atoms with Crippen LogP contribution in [0.25, 0.3) is 0 Å². The summed E-state index contributed by atoms with van der Waals surface area (Å²) in [7, 11) is 0. The minimum Gasteiger partial charge on any atom is -0.478 e. The van der Waals surface area contributed by atoms with Crippen LogP contribution in [0.15, 0.2) is 37.4 Å². The van der Waals surface area contributed by atoms with Crippen LogP contribution in [0, 0.1) is 0 Å². The van der Waals surface area contributed by atoms with Gasteiger partial charge in [-0.1, -0.05) is 51.7 Å². The Morgan fingerprint density at radius 1 is 0.833 bits per heavy atom. The van der Waals surface area contributed by atoms with Crippen molar-refractivity contribution in [3.63, 3.8) is 0 Å². The van der Waals surface area contributed by atoms with E-state index in [1.54, 1.807) is 0 Å². The normalized spacial score (nSPS) is 12.9. The highest BCUT2D eigenvalue weighted by molar-refractivity contribution is 5.95. The lowest BCUT2D eigenvalue weighted by Crippen LogP contribution is -2.19. The Morgan fingerprint density at radius 2 is 1.20 bits per heavy atom. The van der Waals surface area contributed by atoms with E-state index in [0.29, 0.717) is 13.2 Å². The molecule has 1 rings (SSSR count). The molecule has 0 spiro atoms. The summed E-state index contributed by atoms with van der Waals surface area (Å²) in [6, 6.07) is 2.60. The molecule has 166 valence electrons. The molecule has 0 saturated carbocycles. The van der Waals surface area contributed by atoms with E-state index in [9.17, 15) is 19.8 Å². The van der Waals surface area contributed by atoms with E-state index in [1.807, 2.05) is 0 Å². The van der Waals surface area contributed by atoms with Crippen LogP contribution in [0.4, 0.5) is 0 Å². The second-order valence-corrected chi connectivity index (χ2v) is 7.07. The van der Waals surface area contributed by atoms with Gasteiger partial charge in [0.2, 0.25) is 0 Å². The maximum atomic E-state index is 12.0. The van der Waals surface area contributed by atoms with E-state index >= 15 is 0 Å². The molecule has 0 radical (unpaired) electrons. The van der Waals surface area contributed by atoms with Gasteiger partial charge >= 0.3 is 11.9 Å². The Bertz CT molecular complexity index is 664. The van der Waals surface area contributed by atoms with Crippen molar-refractivity contribution in [2.24, 2.45) is 0 Å². The zero-order chi connectivity index (χ0) is 22.5. The fourth-order valence-electron chi connectivity index (χ4n) is 3.29. The molecule has 6 heteroatoms. The number of rotatable bonds is 16. The molecular weight excluding hydrogens is 384 g/mol. The standard InChI is InChI=1S/C24H34O6/c1-5-9-11-15-29-19(7-3)21-17(23(25)26)13-14-18(24(27)28)22(21)20(8-4)30-16-12-10-6-2/h7-8,13-14,19-20H,3-6,9-12,15-16H2,1-2H3,(H,25,26)(H,27,28). The number of carboxylic acid groups (broad SMARTS) is 2. The van der Waals surface area contributed by atoms with Crippen LogP contribution in [0.1, 0.15) is 96.4 Å². The summed E-state index contributed by atoms with van der Waals surface area (Å²) in [6.45, 7) is 12.6. The van der Waals surface area contributed by atoms with Gasteiger partial charge in [0.1, 0.15) is 12.2 Å². The molecule has 2 atom stereocenters. The van der Waals surface area contributed by atoms with Gasteiger partial charge in [0.25, 0.3) is 0 Å². The molecule has 0 aliphatic rings. The summed E-state index contributed by atoms with van der Waals surface area (Å²) < 4.78 is 11.8. The van der Waals surface area contributed by atoms with Crippen LogP contribution < -0.4 is 0 Å². The average Bonchev–Trinajstić information content (AvgIpc) is 2.73. The molecule has 2 N–H and O–H groups in total. The first-order valence-electron chi connectivity index (χ1n) is 10.5. The first kappa shape index (κ1) is 25.6. The van der Waals surface area contributed by atoms with Crippen LogP contribution in [0.3, 0.4) is 0 Å². The quantitative estimate of drug-likeness (QED) is 0.254. The summed E-state index contributed by atoms with van der Waals surface area (Å²) in [5, 5.41) is 19.5. The van der Waals surface area contributed by atoms with Gasteiger partial charge in [-0.25, -0.2) is 9.59 Å². The largest absolute Gasteiger partial charge is 0.478 e. The first-order chi connectivity index (χ1) is 14.4. The predicted octanol–water partition coefficient (Wildman–Crippen LogP) is 5.95. The molecule has 0 heterocycles. The number of hydrogen-bond acceptors (Lipinski definition) is 4. The molecule has 0 amide bonds. The summed E-state index contributed by atoms with van der Waals surface area (Å²) in [5.74, 6) is -2.33. The molecule has 0 bridgehead atoms. The van der Waals surface area contributed by atoms with Crippen molar-refractivity contribution in [1.29, 1.82) is 0 Å². The predicted molar refractivity (Wildman–Crippen MR) is 117 cm³/mol. The second-order valence-electron chi connectivity index (χ2n) is 7.07. The van der Waals surface area contributed by atoms with Crippen molar-refractivity contribution in [1.82, 2.24) is 0 Å². The van der Waals surface area contributed by atoms with Crippen molar-refractivity contribution in [2.45, 2.75) is 64.6 Å². The van der Waals surface area contributed by atoms with Crippen molar-refractivity contribution in [3.05, 3.63) is 59.7 Å². The molecule has 1 aromatic rings. The lowest BCUT2D eigenvalue weighted by Gasteiger charge is -2.26. The summed E-state index contributed by atoms with van der Waals surface area (Å²) in [6.07, 6.45) is 7.08. The van der Waals surface area contributed by atoms with Crippen LogP contribution in [-0.2, 0) is 9.47 Å². The molecule has 0 aliphatic heterocycles. The SMILES string of the molecule is C=CC(OCCCCC)c1c(C(=O)O)ccc(C(=O)O)c1C(C=C)OCCCCC. The highest BCUT2D eigenvalue weighted by Gasteiger charge is 2.29. The topological polar surface area (TPSA) is 93.1 Å². The first-order valence-corrected chi connectivity index (χ1v) is 10.5. The van der Waals surface area contributed by atoms with Gasteiger partial charge in [-0.2, -0.15) is 0 Å². The maximum Gasteiger partial charge on any atom is 0.336 e. The maximum absolute atomic E-state index is 12.0. The molecule has 0 saturated heterocycles. The Labute approximate surface area is 179 Å². The third kappa shape index (κ3) is 7.11. The summed E-state index contributed by atoms with van der Waals surface area (Å²) >= 11 is 0. The zero-order valence-corrected chi connectivity index (χ0v) is 18.1. The third-order valence-corrected chi connectivity index (χ3v) is 4.84. The average molecular weight is 419 g/mol. The molecule has 30 heavy (non-hydrogen) atoms. The number of hydrogen-bond donors (Lipinski definition) is 2. The highest BCUT2D eigenvalue weighted by atomic mass is 16.5. The van der Waals surface area contributed by atoms with Crippen LogP contribution in [0.5, 0.6) is 0 Å². The number of carboxylic acids is 2. The van der Waals surface area contributed by atoms with Crippen molar-refractivity contribution < 1.29 is 29.3 Å². The fourth-order valence-corrected chi connectivity index (χ4v) is 3.29. The minimum atomic E-state index is -1.17. The van der Waals surface area contributed by atoms with Crippen LogP contribution in [-0.4, -0.2) is 35.4 Å². The van der Waals surface area contributed by atoms with E-state index < -0.39 is 24.1 Å².